The van der Waals surface area contributed by atoms with Crippen molar-refractivity contribution in [3.8, 4) is 0 Å². The van der Waals surface area contributed by atoms with Crippen LogP contribution < -0.4 is 15.2 Å². The number of aromatic nitrogens is 1. The lowest BCUT2D eigenvalue weighted by Gasteiger charge is -2.24. The van der Waals surface area contributed by atoms with Crippen molar-refractivity contribution in [1.29, 1.82) is 0 Å². The Bertz CT molecular complexity index is 1200. The van der Waals surface area contributed by atoms with Gasteiger partial charge in [-0.2, -0.15) is 0 Å². The van der Waals surface area contributed by atoms with Gasteiger partial charge in [-0.3, -0.25) is 13.9 Å². The average Bonchev–Trinajstić information content (AvgIpc) is 2.73. The van der Waals surface area contributed by atoms with Gasteiger partial charge >= 0.3 is 0 Å². The Morgan fingerprint density at radius 1 is 1.00 bits per heavy atom. The molecule has 0 aliphatic heterocycles. The topological polar surface area (TPSA) is 88.5 Å². The highest BCUT2D eigenvalue weighted by atomic mass is 32.2. The number of hydrogen-bond acceptors (Lipinski definition) is 4. The zero-order valence-electron chi connectivity index (χ0n) is 16.8. The third kappa shape index (κ3) is 4.44. The molecule has 0 aliphatic carbocycles. The molecular weight excluding hydrogens is 402 g/mol. The van der Waals surface area contributed by atoms with Gasteiger partial charge in [0, 0.05) is 18.3 Å². The van der Waals surface area contributed by atoms with Crippen molar-refractivity contribution >= 4 is 27.3 Å². The van der Waals surface area contributed by atoms with Gasteiger partial charge in [-0.05, 0) is 44.2 Å². The average molecular weight is 426 g/mol. The summed E-state index contributed by atoms with van der Waals surface area (Å²) in [5, 5.41) is 2.64. The fraction of sp³-hybridized carbons (Fsp3) is 0.182. The van der Waals surface area contributed by atoms with Crippen LogP contribution in [0.2, 0.25) is 0 Å². The van der Waals surface area contributed by atoms with E-state index in [1.54, 1.807) is 62.4 Å². The monoisotopic (exact) mass is 425 g/mol. The second kappa shape index (κ2) is 8.96. The summed E-state index contributed by atoms with van der Waals surface area (Å²) in [6.45, 7) is 3.43. The lowest BCUT2D eigenvalue weighted by molar-refractivity contribution is -0.116. The van der Waals surface area contributed by atoms with E-state index < -0.39 is 15.9 Å². The molecule has 0 aliphatic rings. The van der Waals surface area contributed by atoms with Crippen LogP contribution in [0.4, 0.5) is 11.4 Å². The Hall–Kier alpha value is -3.39. The maximum atomic E-state index is 13.3. The largest absolute Gasteiger partial charge is 0.323 e. The molecule has 8 heteroatoms. The van der Waals surface area contributed by atoms with E-state index >= 15 is 0 Å². The van der Waals surface area contributed by atoms with E-state index in [0.29, 0.717) is 11.3 Å². The number of sulfonamides is 1. The van der Waals surface area contributed by atoms with Crippen molar-refractivity contribution in [3.63, 3.8) is 0 Å². The number of anilines is 2. The standard InChI is InChI=1S/C22H23N3O4S/c1-3-25(18-11-5-4-6-12-18)30(28,29)20-14-8-7-13-19(20)23-21(26)16-24-15-9-10-17(2)22(24)27/h4-15H,3,16H2,1-2H3,(H,23,26). The molecule has 3 rings (SSSR count). The second-order valence-corrected chi connectivity index (χ2v) is 8.50. The van der Waals surface area contributed by atoms with E-state index in [9.17, 15) is 18.0 Å². The molecule has 0 saturated carbocycles. The number of aryl methyl sites for hydroxylation is 1. The number of carbonyl (C=O) groups excluding carboxylic acids is 1. The maximum Gasteiger partial charge on any atom is 0.266 e. The minimum absolute atomic E-state index is 0.0133. The summed E-state index contributed by atoms with van der Waals surface area (Å²) >= 11 is 0. The van der Waals surface area contributed by atoms with E-state index in [4.69, 9.17) is 0 Å². The van der Waals surface area contributed by atoms with Crippen molar-refractivity contribution in [1.82, 2.24) is 4.57 Å². The van der Waals surface area contributed by atoms with Crippen LogP contribution in [0.3, 0.4) is 0 Å². The third-order valence-corrected chi connectivity index (χ3v) is 6.55. The molecule has 0 fully saturated rings. The number of benzene rings is 2. The molecule has 0 bridgehead atoms. The number of nitrogens with one attached hydrogen (secondary N) is 1. The molecule has 7 nitrogen and oxygen atoms in total. The Balaban J connectivity index is 1.91. The number of para-hydroxylation sites is 2. The molecule has 0 spiro atoms. The van der Waals surface area contributed by atoms with E-state index in [0.717, 1.165) is 0 Å². The van der Waals surface area contributed by atoms with Crippen molar-refractivity contribution in [2.75, 3.05) is 16.2 Å². The van der Waals surface area contributed by atoms with Gasteiger partial charge in [-0.15, -0.1) is 0 Å². The lowest BCUT2D eigenvalue weighted by atomic mass is 10.3. The quantitative estimate of drug-likeness (QED) is 0.630. The van der Waals surface area contributed by atoms with E-state index in [-0.39, 0.29) is 29.2 Å². The molecule has 0 atom stereocenters. The van der Waals surface area contributed by atoms with Gasteiger partial charge in [0.25, 0.3) is 15.6 Å². The van der Waals surface area contributed by atoms with Crippen LogP contribution in [0.1, 0.15) is 12.5 Å². The number of hydrogen-bond donors (Lipinski definition) is 1. The molecule has 0 unspecified atom stereocenters. The first-order valence-corrected chi connectivity index (χ1v) is 10.9. The predicted octanol–water partition coefficient (Wildman–Crippen LogP) is 3.01. The normalized spacial score (nSPS) is 11.1. The minimum Gasteiger partial charge on any atom is -0.323 e. The van der Waals surface area contributed by atoms with E-state index in [1.165, 1.54) is 27.2 Å². The van der Waals surface area contributed by atoms with Crippen LogP contribution in [0.15, 0.2) is 82.6 Å². The molecular formula is C22H23N3O4S. The molecule has 0 saturated heterocycles. The maximum absolute atomic E-state index is 13.3. The zero-order chi connectivity index (χ0) is 21.7. The summed E-state index contributed by atoms with van der Waals surface area (Å²) in [4.78, 5) is 24.7. The number of rotatable bonds is 7. The first-order chi connectivity index (χ1) is 14.3. The van der Waals surface area contributed by atoms with Gasteiger partial charge in [-0.1, -0.05) is 36.4 Å². The van der Waals surface area contributed by atoms with Crippen molar-refractivity contribution < 1.29 is 13.2 Å². The lowest BCUT2D eigenvalue weighted by Crippen LogP contribution is -2.32. The highest BCUT2D eigenvalue weighted by molar-refractivity contribution is 7.93. The summed E-state index contributed by atoms with van der Waals surface area (Å²) in [6, 6.07) is 18.4. The Labute approximate surface area is 175 Å². The smallest absolute Gasteiger partial charge is 0.266 e. The summed E-state index contributed by atoms with van der Waals surface area (Å²) in [5.41, 5.74) is 0.953. The van der Waals surface area contributed by atoms with E-state index in [2.05, 4.69) is 5.32 Å². The number of amides is 1. The number of carbonyl (C=O) groups is 1. The van der Waals surface area contributed by atoms with Crippen molar-refractivity contribution in [2.24, 2.45) is 0 Å². The third-order valence-electron chi connectivity index (χ3n) is 4.58. The van der Waals surface area contributed by atoms with Gasteiger partial charge < -0.3 is 9.88 Å². The fourth-order valence-corrected chi connectivity index (χ4v) is 4.75. The molecule has 1 heterocycles. The number of pyridine rings is 1. The van der Waals surface area contributed by atoms with Crippen LogP contribution in [0, 0.1) is 6.92 Å². The Morgan fingerprint density at radius 2 is 1.67 bits per heavy atom. The Morgan fingerprint density at radius 3 is 2.37 bits per heavy atom. The van der Waals surface area contributed by atoms with E-state index in [1.807, 2.05) is 6.07 Å². The summed E-state index contributed by atoms with van der Waals surface area (Å²) in [6.07, 6.45) is 1.52. The van der Waals surface area contributed by atoms with Gasteiger partial charge in [0.05, 0.1) is 11.4 Å². The zero-order valence-corrected chi connectivity index (χ0v) is 17.6. The molecule has 0 radical (unpaired) electrons. The van der Waals surface area contributed by atoms with Gasteiger partial charge in [0.2, 0.25) is 5.91 Å². The first kappa shape index (κ1) is 21.3. The Kier molecular flexibility index (Phi) is 6.37. The van der Waals surface area contributed by atoms with Crippen LogP contribution in [-0.2, 0) is 21.4 Å². The summed E-state index contributed by atoms with van der Waals surface area (Å²) < 4.78 is 29.2. The summed E-state index contributed by atoms with van der Waals surface area (Å²) in [5.74, 6) is -0.492. The van der Waals surface area contributed by atoms with Gasteiger partial charge in [-0.25, -0.2) is 8.42 Å². The fourth-order valence-electron chi connectivity index (χ4n) is 3.12. The number of nitrogens with zero attached hydrogens (tertiary/aromatic N) is 2. The van der Waals surface area contributed by atoms with Crippen LogP contribution in [-0.4, -0.2) is 25.4 Å². The molecule has 2 aromatic carbocycles. The molecule has 1 amide bonds. The highest BCUT2D eigenvalue weighted by Gasteiger charge is 2.26. The highest BCUT2D eigenvalue weighted by Crippen LogP contribution is 2.28. The van der Waals surface area contributed by atoms with Gasteiger partial charge in [0.15, 0.2) is 0 Å². The molecule has 3 aromatic rings. The van der Waals surface area contributed by atoms with Crippen LogP contribution in [0.25, 0.3) is 0 Å². The van der Waals surface area contributed by atoms with Crippen molar-refractivity contribution in [3.05, 3.63) is 88.8 Å². The van der Waals surface area contributed by atoms with Crippen LogP contribution in [0.5, 0.6) is 0 Å². The molecule has 30 heavy (non-hydrogen) atoms. The first-order valence-electron chi connectivity index (χ1n) is 9.47. The summed E-state index contributed by atoms with van der Waals surface area (Å²) in [7, 11) is -3.92. The second-order valence-electron chi connectivity index (χ2n) is 6.67. The molecule has 1 N–H and O–H groups in total. The van der Waals surface area contributed by atoms with Crippen LogP contribution >= 0.6 is 0 Å². The molecule has 1 aromatic heterocycles. The minimum atomic E-state index is -3.92. The molecule has 156 valence electrons. The van der Waals surface area contributed by atoms with Crippen molar-refractivity contribution in [2.45, 2.75) is 25.3 Å². The van der Waals surface area contributed by atoms with Gasteiger partial charge in [0.1, 0.15) is 11.4 Å². The predicted molar refractivity (Wildman–Crippen MR) is 117 cm³/mol. The SMILES string of the molecule is CCN(c1ccccc1)S(=O)(=O)c1ccccc1NC(=O)Cn1cccc(C)c1=O.